The number of fused-ring (bicyclic) bond motifs is 1. The summed E-state index contributed by atoms with van der Waals surface area (Å²) in [6, 6.07) is 22.0. The maximum atomic E-state index is 13.0. The summed E-state index contributed by atoms with van der Waals surface area (Å²) in [5.74, 6) is -1.19. The predicted molar refractivity (Wildman–Crippen MR) is 123 cm³/mol. The molecule has 1 amide bonds. The van der Waals surface area contributed by atoms with Gasteiger partial charge in [0.2, 0.25) is 0 Å². The summed E-state index contributed by atoms with van der Waals surface area (Å²) in [6.07, 6.45) is -1.09. The molecule has 1 unspecified atom stereocenters. The van der Waals surface area contributed by atoms with Gasteiger partial charge in [-0.05, 0) is 48.9 Å². The maximum Gasteiger partial charge on any atom is 0.338 e. The quantitative estimate of drug-likeness (QED) is 0.489. The summed E-state index contributed by atoms with van der Waals surface area (Å²) in [7, 11) is 1.74. The molecule has 1 atom stereocenters. The van der Waals surface area contributed by atoms with Crippen molar-refractivity contribution in [3.8, 4) is 5.69 Å². The van der Waals surface area contributed by atoms with Crippen molar-refractivity contribution in [1.82, 2.24) is 9.36 Å². The lowest BCUT2D eigenvalue weighted by atomic mass is 10.1. The summed E-state index contributed by atoms with van der Waals surface area (Å²) >= 11 is 0. The van der Waals surface area contributed by atoms with Crippen LogP contribution in [0, 0.1) is 6.92 Å². The highest BCUT2D eigenvalue weighted by Gasteiger charge is 2.23. The highest BCUT2D eigenvalue weighted by atomic mass is 16.5. The molecule has 32 heavy (non-hydrogen) atoms. The van der Waals surface area contributed by atoms with Crippen LogP contribution in [0.5, 0.6) is 0 Å². The fourth-order valence-electron chi connectivity index (χ4n) is 3.54. The Morgan fingerprint density at radius 3 is 2.31 bits per heavy atom. The van der Waals surface area contributed by atoms with E-state index in [4.69, 9.17) is 4.74 Å². The average molecular weight is 429 g/mol. The first-order valence-corrected chi connectivity index (χ1v) is 10.2. The topological polar surface area (TPSA) is 82.3 Å². The Hall–Kier alpha value is -4.13. The molecule has 4 rings (SSSR count). The molecule has 7 heteroatoms. The highest BCUT2D eigenvalue weighted by molar-refractivity contribution is 5.99. The molecule has 1 N–H and O–H groups in total. The Labute approximate surface area is 184 Å². The van der Waals surface area contributed by atoms with E-state index < -0.39 is 18.0 Å². The van der Waals surface area contributed by atoms with Crippen LogP contribution in [0.4, 0.5) is 5.69 Å². The van der Waals surface area contributed by atoms with Crippen LogP contribution >= 0.6 is 0 Å². The molecule has 3 aromatic carbocycles. The summed E-state index contributed by atoms with van der Waals surface area (Å²) in [5, 5.41) is 4.53. The van der Waals surface area contributed by atoms with E-state index in [1.54, 1.807) is 42.9 Å². The van der Waals surface area contributed by atoms with Crippen LogP contribution in [0.2, 0.25) is 0 Å². The lowest BCUT2D eigenvalue weighted by Gasteiger charge is -2.13. The first kappa shape index (κ1) is 21.1. The first-order chi connectivity index (χ1) is 15.4. The highest BCUT2D eigenvalue weighted by Crippen LogP contribution is 2.18. The van der Waals surface area contributed by atoms with Crippen LogP contribution < -0.4 is 10.9 Å². The van der Waals surface area contributed by atoms with Gasteiger partial charge in [0, 0.05) is 7.05 Å². The Kier molecular flexibility index (Phi) is 5.64. The van der Waals surface area contributed by atoms with Crippen molar-refractivity contribution in [2.24, 2.45) is 7.05 Å². The second-order valence-electron chi connectivity index (χ2n) is 7.54. The Balaban J connectivity index is 1.51. The Bertz CT molecular complexity index is 1370. The van der Waals surface area contributed by atoms with Gasteiger partial charge in [-0.3, -0.25) is 14.3 Å². The molecule has 0 saturated carbocycles. The SMILES string of the molecule is Cc1c(NC(=O)C(C)OC(=O)c2ccc3ccccc3c2)c(=O)n(-c2ccccc2)n1C. The van der Waals surface area contributed by atoms with Gasteiger partial charge in [0.25, 0.3) is 11.5 Å². The van der Waals surface area contributed by atoms with E-state index >= 15 is 0 Å². The number of rotatable bonds is 5. The zero-order valence-corrected chi connectivity index (χ0v) is 18.0. The fraction of sp³-hybridized carbons (Fsp3) is 0.160. The lowest BCUT2D eigenvalue weighted by molar-refractivity contribution is -0.123. The fourth-order valence-corrected chi connectivity index (χ4v) is 3.54. The molecular formula is C25H23N3O4. The first-order valence-electron chi connectivity index (χ1n) is 10.2. The van der Waals surface area contributed by atoms with Crippen LogP contribution in [0.3, 0.4) is 0 Å². The van der Waals surface area contributed by atoms with Gasteiger partial charge in [-0.2, -0.15) is 0 Å². The van der Waals surface area contributed by atoms with Crippen LogP contribution in [-0.4, -0.2) is 27.3 Å². The van der Waals surface area contributed by atoms with Gasteiger partial charge in [-0.15, -0.1) is 0 Å². The molecule has 1 aromatic heterocycles. The number of anilines is 1. The monoisotopic (exact) mass is 429 g/mol. The minimum atomic E-state index is -1.09. The Morgan fingerprint density at radius 2 is 1.59 bits per heavy atom. The number of aromatic nitrogens is 2. The van der Waals surface area contributed by atoms with Crippen molar-refractivity contribution in [2.75, 3.05) is 5.32 Å². The summed E-state index contributed by atoms with van der Waals surface area (Å²) < 4.78 is 8.49. The number of nitrogens with zero attached hydrogens (tertiary/aromatic N) is 2. The number of hydrogen-bond acceptors (Lipinski definition) is 4. The minimum Gasteiger partial charge on any atom is -0.449 e. The van der Waals surface area contributed by atoms with E-state index in [9.17, 15) is 14.4 Å². The molecule has 0 spiro atoms. The van der Waals surface area contributed by atoms with E-state index in [-0.39, 0.29) is 11.2 Å². The zero-order valence-electron chi connectivity index (χ0n) is 18.0. The van der Waals surface area contributed by atoms with Crippen LogP contribution in [0.1, 0.15) is 23.0 Å². The molecule has 0 aliphatic heterocycles. The van der Waals surface area contributed by atoms with Gasteiger partial charge in [-0.25, -0.2) is 9.48 Å². The summed E-state index contributed by atoms with van der Waals surface area (Å²) in [6.45, 7) is 3.21. The molecule has 0 fully saturated rings. The average Bonchev–Trinajstić information content (AvgIpc) is 3.02. The van der Waals surface area contributed by atoms with Crippen molar-refractivity contribution >= 4 is 28.3 Å². The third-order valence-electron chi connectivity index (χ3n) is 5.44. The zero-order chi connectivity index (χ0) is 22.8. The number of carbonyl (C=O) groups excluding carboxylic acids is 2. The van der Waals surface area contributed by atoms with Gasteiger partial charge >= 0.3 is 5.97 Å². The second-order valence-corrected chi connectivity index (χ2v) is 7.54. The molecule has 0 aliphatic carbocycles. The van der Waals surface area contributed by atoms with Crippen molar-refractivity contribution in [2.45, 2.75) is 20.0 Å². The van der Waals surface area contributed by atoms with Gasteiger partial charge in [0.1, 0.15) is 5.69 Å². The summed E-state index contributed by atoms with van der Waals surface area (Å²) in [5.41, 5.74) is 1.40. The molecule has 1 heterocycles. The van der Waals surface area contributed by atoms with Crippen molar-refractivity contribution in [3.05, 3.63) is 94.4 Å². The molecule has 7 nitrogen and oxygen atoms in total. The molecular weight excluding hydrogens is 406 g/mol. The normalized spacial score (nSPS) is 11.8. The van der Waals surface area contributed by atoms with Crippen LogP contribution in [0.15, 0.2) is 77.6 Å². The third kappa shape index (κ3) is 3.92. The molecule has 0 aliphatic rings. The van der Waals surface area contributed by atoms with E-state index in [0.29, 0.717) is 16.9 Å². The smallest absolute Gasteiger partial charge is 0.338 e. The number of carbonyl (C=O) groups is 2. The van der Waals surface area contributed by atoms with Crippen molar-refractivity contribution < 1.29 is 14.3 Å². The van der Waals surface area contributed by atoms with Crippen LogP contribution in [-0.2, 0) is 16.6 Å². The summed E-state index contributed by atoms with van der Waals surface area (Å²) in [4.78, 5) is 38.2. The van der Waals surface area contributed by atoms with Crippen LogP contribution in [0.25, 0.3) is 16.5 Å². The number of benzene rings is 3. The van der Waals surface area contributed by atoms with E-state index in [1.807, 2.05) is 48.5 Å². The van der Waals surface area contributed by atoms with Gasteiger partial charge in [0.15, 0.2) is 6.10 Å². The van der Waals surface area contributed by atoms with E-state index in [2.05, 4.69) is 5.32 Å². The van der Waals surface area contributed by atoms with Gasteiger partial charge in [-0.1, -0.05) is 48.5 Å². The molecule has 0 bridgehead atoms. The van der Waals surface area contributed by atoms with Crippen molar-refractivity contribution in [3.63, 3.8) is 0 Å². The largest absolute Gasteiger partial charge is 0.449 e. The molecule has 0 saturated heterocycles. The number of hydrogen-bond donors (Lipinski definition) is 1. The van der Waals surface area contributed by atoms with Crippen molar-refractivity contribution in [1.29, 1.82) is 0 Å². The Morgan fingerprint density at radius 1 is 0.938 bits per heavy atom. The number of para-hydroxylation sites is 1. The lowest BCUT2D eigenvalue weighted by Crippen LogP contribution is -2.32. The predicted octanol–water partition coefficient (Wildman–Crippen LogP) is 3.82. The van der Waals surface area contributed by atoms with Gasteiger partial charge in [0.05, 0.1) is 16.9 Å². The van der Waals surface area contributed by atoms with E-state index in [1.165, 1.54) is 11.6 Å². The molecule has 4 aromatic rings. The number of esters is 1. The minimum absolute atomic E-state index is 0.148. The molecule has 0 radical (unpaired) electrons. The number of amides is 1. The van der Waals surface area contributed by atoms with Gasteiger partial charge < -0.3 is 10.1 Å². The van der Waals surface area contributed by atoms with E-state index in [0.717, 1.165) is 10.8 Å². The third-order valence-corrected chi connectivity index (χ3v) is 5.44. The number of ether oxygens (including phenoxy) is 1. The molecule has 162 valence electrons. The number of nitrogens with one attached hydrogen (secondary N) is 1. The maximum absolute atomic E-state index is 13.0. The standard InChI is InChI=1S/C25H23N3O4/c1-16-22(24(30)28(27(16)3)21-11-5-4-6-12-21)26-23(29)17(2)32-25(31)20-14-13-18-9-7-8-10-19(18)15-20/h4-15,17H,1-3H3,(H,26,29). The second kappa shape index (κ2) is 8.55.